The molecule has 0 fully saturated rings. The Hall–Kier alpha value is -3.85. The molecule has 0 spiro atoms. The van der Waals surface area contributed by atoms with E-state index >= 15 is 0 Å². The van der Waals surface area contributed by atoms with Crippen molar-refractivity contribution >= 4 is 18.0 Å². The second-order valence-corrected chi connectivity index (χ2v) is 6.95. The monoisotopic (exact) mass is 404 g/mol. The lowest BCUT2D eigenvalue weighted by Crippen LogP contribution is -2.30. The number of aromatic carboxylic acids is 1. The number of carbonyl (C=O) groups excluding carboxylic acids is 1. The summed E-state index contributed by atoms with van der Waals surface area (Å²) in [7, 11) is 0. The Morgan fingerprint density at radius 1 is 1.23 bits per heavy atom. The molecule has 1 amide bonds. The molecule has 0 saturated heterocycles. The number of hydrogen-bond donors (Lipinski definition) is 2. The summed E-state index contributed by atoms with van der Waals surface area (Å²) in [5.41, 5.74) is 2.66. The maximum Gasteiger partial charge on any atom is 0.335 e. The van der Waals surface area contributed by atoms with Gasteiger partial charge in [0.15, 0.2) is 0 Å². The first-order chi connectivity index (χ1) is 14.3. The summed E-state index contributed by atoms with van der Waals surface area (Å²) in [4.78, 5) is 23.1. The van der Waals surface area contributed by atoms with E-state index in [1.165, 1.54) is 12.1 Å². The molecule has 6 heteroatoms. The number of nitriles is 1. The SMILES string of the molecule is C=CCc1cc(/C=C(/C#N)C(=O)NC(C)C)ccc1OCc1ccc(C(=O)O)cc1. The lowest BCUT2D eigenvalue weighted by molar-refractivity contribution is -0.117. The highest BCUT2D eigenvalue weighted by atomic mass is 16.5. The van der Waals surface area contributed by atoms with Crippen LogP contribution in [0.3, 0.4) is 0 Å². The zero-order chi connectivity index (χ0) is 22.1. The molecule has 2 aromatic rings. The molecule has 2 aromatic carbocycles. The largest absolute Gasteiger partial charge is 0.489 e. The van der Waals surface area contributed by atoms with E-state index in [-0.39, 0.29) is 23.8 Å². The van der Waals surface area contributed by atoms with Gasteiger partial charge in [-0.05, 0) is 67.3 Å². The molecule has 0 radical (unpaired) electrons. The Balaban J connectivity index is 2.20. The first kappa shape index (κ1) is 22.4. The van der Waals surface area contributed by atoms with Gasteiger partial charge >= 0.3 is 5.97 Å². The first-order valence-corrected chi connectivity index (χ1v) is 9.45. The van der Waals surface area contributed by atoms with Crippen molar-refractivity contribution < 1.29 is 19.4 Å². The van der Waals surface area contributed by atoms with Crippen LogP contribution >= 0.6 is 0 Å². The fourth-order valence-electron chi connectivity index (χ4n) is 2.70. The van der Waals surface area contributed by atoms with Crippen LogP contribution in [-0.2, 0) is 17.8 Å². The fraction of sp³-hybridized carbons (Fsp3) is 0.208. The summed E-state index contributed by atoms with van der Waals surface area (Å²) in [5, 5.41) is 21.0. The molecular formula is C24H24N2O4. The third-order valence-electron chi connectivity index (χ3n) is 4.14. The Labute approximate surface area is 176 Å². The first-order valence-electron chi connectivity index (χ1n) is 9.45. The van der Waals surface area contributed by atoms with E-state index in [9.17, 15) is 14.9 Å². The number of hydrogen-bond acceptors (Lipinski definition) is 4. The number of amides is 1. The van der Waals surface area contributed by atoms with E-state index in [0.717, 1.165) is 11.1 Å². The average molecular weight is 404 g/mol. The zero-order valence-corrected chi connectivity index (χ0v) is 17.0. The van der Waals surface area contributed by atoms with Gasteiger partial charge in [0.1, 0.15) is 24.0 Å². The maximum absolute atomic E-state index is 12.1. The van der Waals surface area contributed by atoms with Crippen LogP contribution in [-0.4, -0.2) is 23.0 Å². The van der Waals surface area contributed by atoms with Crippen molar-refractivity contribution in [2.45, 2.75) is 32.9 Å². The lowest BCUT2D eigenvalue weighted by Gasteiger charge is -2.12. The van der Waals surface area contributed by atoms with Crippen molar-refractivity contribution in [1.82, 2.24) is 5.32 Å². The zero-order valence-electron chi connectivity index (χ0n) is 17.0. The van der Waals surface area contributed by atoms with E-state index in [0.29, 0.717) is 17.7 Å². The summed E-state index contributed by atoms with van der Waals surface area (Å²) >= 11 is 0. The minimum Gasteiger partial charge on any atom is -0.489 e. The summed E-state index contributed by atoms with van der Waals surface area (Å²) in [6.45, 7) is 7.70. The Bertz CT molecular complexity index is 999. The predicted molar refractivity (Wildman–Crippen MR) is 115 cm³/mol. The number of carbonyl (C=O) groups is 2. The number of carboxylic acids is 1. The molecule has 0 unspecified atom stereocenters. The molecule has 0 aliphatic carbocycles. The van der Waals surface area contributed by atoms with Crippen molar-refractivity contribution in [1.29, 1.82) is 5.26 Å². The highest BCUT2D eigenvalue weighted by Crippen LogP contribution is 2.24. The Kier molecular flexibility index (Phi) is 7.95. The van der Waals surface area contributed by atoms with Gasteiger partial charge in [-0.2, -0.15) is 5.26 Å². The van der Waals surface area contributed by atoms with Crippen molar-refractivity contribution in [3.8, 4) is 11.8 Å². The van der Waals surface area contributed by atoms with Crippen LogP contribution < -0.4 is 10.1 Å². The Morgan fingerprint density at radius 3 is 2.50 bits per heavy atom. The van der Waals surface area contributed by atoms with Gasteiger partial charge in [-0.3, -0.25) is 4.79 Å². The maximum atomic E-state index is 12.1. The van der Waals surface area contributed by atoms with Crippen LogP contribution in [0.15, 0.2) is 60.7 Å². The number of rotatable bonds is 9. The molecule has 0 aromatic heterocycles. The quantitative estimate of drug-likeness (QED) is 0.372. The number of ether oxygens (including phenoxy) is 1. The number of carboxylic acid groups (broad SMARTS) is 1. The molecule has 2 N–H and O–H groups in total. The molecule has 0 atom stereocenters. The van der Waals surface area contributed by atoms with E-state index in [4.69, 9.17) is 9.84 Å². The van der Waals surface area contributed by atoms with Gasteiger partial charge in [0.2, 0.25) is 0 Å². The molecule has 0 heterocycles. The van der Waals surface area contributed by atoms with E-state index in [1.54, 1.807) is 36.4 Å². The molecule has 0 aliphatic heterocycles. The standard InChI is InChI=1S/C24H24N2O4/c1-4-5-20-12-18(13-21(14-25)23(27)26-16(2)3)8-11-22(20)30-15-17-6-9-19(10-7-17)24(28)29/h4,6-13,16H,1,5,15H2,2-3H3,(H,26,27)(H,28,29)/b21-13-. The topological polar surface area (TPSA) is 99.4 Å². The smallest absolute Gasteiger partial charge is 0.335 e. The summed E-state index contributed by atoms with van der Waals surface area (Å²) in [6.07, 6.45) is 3.84. The van der Waals surface area contributed by atoms with Crippen LogP contribution in [0.4, 0.5) is 0 Å². The van der Waals surface area contributed by atoms with Crippen molar-refractivity contribution in [2.75, 3.05) is 0 Å². The normalized spacial score (nSPS) is 10.9. The van der Waals surface area contributed by atoms with Gasteiger partial charge < -0.3 is 15.2 Å². The van der Waals surface area contributed by atoms with Gasteiger partial charge in [0.05, 0.1) is 5.56 Å². The second kappa shape index (κ2) is 10.6. The third kappa shape index (κ3) is 6.35. The summed E-state index contributed by atoms with van der Waals surface area (Å²) in [5.74, 6) is -0.736. The lowest BCUT2D eigenvalue weighted by atomic mass is 10.0. The summed E-state index contributed by atoms with van der Waals surface area (Å²) < 4.78 is 5.90. The van der Waals surface area contributed by atoms with E-state index in [1.807, 2.05) is 26.0 Å². The van der Waals surface area contributed by atoms with Crippen LogP contribution in [0.25, 0.3) is 6.08 Å². The van der Waals surface area contributed by atoms with Crippen LogP contribution in [0, 0.1) is 11.3 Å². The minimum atomic E-state index is -0.974. The number of nitrogens with one attached hydrogen (secondary N) is 1. The van der Waals surface area contributed by atoms with Crippen LogP contribution in [0.2, 0.25) is 0 Å². The molecule has 30 heavy (non-hydrogen) atoms. The van der Waals surface area contributed by atoms with Crippen LogP contribution in [0.1, 0.15) is 40.9 Å². The van der Waals surface area contributed by atoms with Crippen molar-refractivity contribution in [2.24, 2.45) is 0 Å². The number of benzene rings is 2. The minimum absolute atomic E-state index is 0.0282. The molecule has 0 saturated carbocycles. The van der Waals surface area contributed by atoms with Gasteiger partial charge in [-0.1, -0.05) is 24.3 Å². The van der Waals surface area contributed by atoms with Gasteiger partial charge in [0.25, 0.3) is 5.91 Å². The fourth-order valence-corrected chi connectivity index (χ4v) is 2.70. The Morgan fingerprint density at radius 2 is 1.93 bits per heavy atom. The molecular weight excluding hydrogens is 380 g/mol. The van der Waals surface area contributed by atoms with Gasteiger partial charge in [-0.15, -0.1) is 6.58 Å². The molecule has 6 nitrogen and oxygen atoms in total. The number of nitrogens with zero attached hydrogens (tertiary/aromatic N) is 1. The second-order valence-electron chi connectivity index (χ2n) is 6.95. The van der Waals surface area contributed by atoms with Crippen LogP contribution in [0.5, 0.6) is 5.75 Å². The molecule has 2 rings (SSSR count). The predicted octanol–water partition coefficient (Wildman–Crippen LogP) is 4.12. The van der Waals surface area contributed by atoms with Gasteiger partial charge in [0, 0.05) is 6.04 Å². The van der Waals surface area contributed by atoms with Crippen molar-refractivity contribution in [3.05, 3.63) is 82.9 Å². The van der Waals surface area contributed by atoms with Crippen molar-refractivity contribution in [3.63, 3.8) is 0 Å². The van der Waals surface area contributed by atoms with Gasteiger partial charge in [-0.25, -0.2) is 4.79 Å². The average Bonchev–Trinajstić information content (AvgIpc) is 2.71. The third-order valence-corrected chi connectivity index (χ3v) is 4.14. The summed E-state index contributed by atoms with van der Waals surface area (Å²) in [6, 6.07) is 13.8. The number of allylic oxidation sites excluding steroid dienone is 1. The molecule has 154 valence electrons. The van der Waals surface area contributed by atoms with E-state index in [2.05, 4.69) is 11.9 Å². The highest BCUT2D eigenvalue weighted by Gasteiger charge is 2.11. The molecule has 0 bridgehead atoms. The molecule has 0 aliphatic rings. The van der Waals surface area contributed by atoms with E-state index < -0.39 is 11.9 Å². The highest BCUT2D eigenvalue weighted by molar-refractivity contribution is 6.01.